The topological polar surface area (TPSA) is 208 Å². The van der Waals surface area contributed by atoms with Crippen molar-refractivity contribution in [3.63, 3.8) is 0 Å². The van der Waals surface area contributed by atoms with E-state index in [9.17, 15) is 39.3 Å². The minimum Gasteiger partial charge on any atom is -0.508 e. The van der Waals surface area contributed by atoms with Crippen molar-refractivity contribution >= 4 is 29.7 Å². The number of phenolic OH excluding ortho intramolecular Hbond substituents is 1. The van der Waals surface area contributed by atoms with Crippen LogP contribution in [0.3, 0.4) is 0 Å². The maximum atomic E-state index is 13.4. The summed E-state index contributed by atoms with van der Waals surface area (Å²) < 4.78 is 0. The molecule has 0 aromatic heterocycles. The average molecular weight is 591 g/mol. The number of nitrogens with one attached hydrogen (secondary N) is 3. The number of carbonyl (C=O) groups is 5. The van der Waals surface area contributed by atoms with E-state index in [0.29, 0.717) is 16.7 Å². The number of aromatic hydroxyl groups is 1. The van der Waals surface area contributed by atoms with E-state index in [0.717, 1.165) is 0 Å². The van der Waals surface area contributed by atoms with Gasteiger partial charge in [0.05, 0.1) is 12.5 Å². The first kappa shape index (κ1) is 32.3. The highest BCUT2D eigenvalue weighted by Gasteiger charge is 2.31. The number of rotatable bonds is 15. The number of carboxylic acid groups (broad SMARTS) is 2. The van der Waals surface area contributed by atoms with Crippen molar-refractivity contribution in [3.8, 4) is 5.75 Å². The average Bonchev–Trinajstić information content (AvgIpc) is 2.98. The van der Waals surface area contributed by atoms with Crippen molar-refractivity contribution < 1.29 is 39.3 Å². The highest BCUT2D eigenvalue weighted by atomic mass is 16.4. The molecule has 0 saturated heterocycles. The third-order valence-corrected chi connectivity index (χ3v) is 6.55. The van der Waals surface area contributed by atoms with Crippen LogP contribution in [-0.4, -0.2) is 69.1 Å². The predicted octanol–water partition coefficient (Wildman–Crippen LogP) is 0.761. The maximum absolute atomic E-state index is 13.4. The molecule has 3 aromatic rings. The fraction of sp³-hybridized carbons (Fsp3) is 0.258. The molecule has 0 spiro atoms. The van der Waals surface area contributed by atoms with Crippen molar-refractivity contribution in [3.05, 3.63) is 102 Å². The Bertz CT molecular complexity index is 1400. The molecule has 8 N–H and O–H groups in total. The molecule has 0 aliphatic carbocycles. The van der Waals surface area contributed by atoms with Gasteiger partial charge in [-0.2, -0.15) is 0 Å². The van der Waals surface area contributed by atoms with E-state index in [-0.39, 0.29) is 25.0 Å². The minimum absolute atomic E-state index is 0.00939. The van der Waals surface area contributed by atoms with Crippen LogP contribution in [0.15, 0.2) is 84.9 Å². The summed E-state index contributed by atoms with van der Waals surface area (Å²) in [6, 6.07) is 18.0. The summed E-state index contributed by atoms with van der Waals surface area (Å²) in [6.07, 6.45) is -0.797. The Kier molecular flexibility index (Phi) is 11.8. The molecule has 3 aromatic carbocycles. The van der Waals surface area contributed by atoms with Gasteiger partial charge in [0, 0.05) is 12.8 Å². The highest BCUT2D eigenvalue weighted by Crippen LogP contribution is 2.12. The van der Waals surface area contributed by atoms with Crippen LogP contribution in [0.2, 0.25) is 0 Å². The summed E-state index contributed by atoms with van der Waals surface area (Å²) in [5.41, 5.74) is 7.94. The van der Waals surface area contributed by atoms with Crippen molar-refractivity contribution in [1.29, 1.82) is 0 Å². The van der Waals surface area contributed by atoms with Crippen molar-refractivity contribution in [2.24, 2.45) is 5.73 Å². The first-order valence-electron chi connectivity index (χ1n) is 13.5. The highest BCUT2D eigenvalue weighted by molar-refractivity contribution is 5.95. The monoisotopic (exact) mass is 590 g/mol. The molecule has 12 nitrogen and oxygen atoms in total. The molecule has 43 heavy (non-hydrogen) atoms. The van der Waals surface area contributed by atoms with E-state index in [1.54, 1.807) is 72.8 Å². The summed E-state index contributed by atoms with van der Waals surface area (Å²) in [5, 5.41) is 35.9. The van der Waals surface area contributed by atoms with Crippen LogP contribution in [0.25, 0.3) is 0 Å². The molecular weight excluding hydrogens is 556 g/mol. The van der Waals surface area contributed by atoms with Gasteiger partial charge in [0.2, 0.25) is 17.7 Å². The number of nitrogens with two attached hydrogens (primary N) is 1. The number of benzene rings is 3. The molecule has 0 aliphatic rings. The summed E-state index contributed by atoms with van der Waals surface area (Å²) in [4.78, 5) is 63.0. The number of carboxylic acids is 2. The lowest BCUT2D eigenvalue weighted by atomic mass is 10.0. The fourth-order valence-electron chi connectivity index (χ4n) is 4.29. The first-order chi connectivity index (χ1) is 20.5. The van der Waals surface area contributed by atoms with E-state index in [2.05, 4.69) is 16.0 Å². The summed E-state index contributed by atoms with van der Waals surface area (Å²) >= 11 is 0. The van der Waals surface area contributed by atoms with Gasteiger partial charge in [0.1, 0.15) is 23.9 Å². The number of phenols is 1. The van der Waals surface area contributed by atoms with Gasteiger partial charge in [-0.25, -0.2) is 4.79 Å². The van der Waals surface area contributed by atoms with E-state index in [1.807, 2.05) is 0 Å². The molecule has 3 rings (SSSR count). The largest absolute Gasteiger partial charge is 0.508 e. The number of aliphatic carboxylic acids is 2. The molecular formula is C31H34N4O8. The van der Waals surface area contributed by atoms with Gasteiger partial charge < -0.3 is 37.0 Å². The molecule has 0 fully saturated rings. The standard InChI is InChI=1S/C31H34N4O8/c32-23(15-21-11-13-22(36)14-12-21)28(39)33-25(18-27(37)38)30(41)34-24(16-19-7-3-1-4-8-19)29(40)35-26(31(42)43)17-20-9-5-2-6-10-20/h1-14,23-26,36H,15-18,32H2,(H,33,39)(H,34,41)(H,35,40)(H,37,38)(H,42,43). The zero-order valence-corrected chi connectivity index (χ0v) is 23.2. The van der Waals surface area contributed by atoms with E-state index >= 15 is 0 Å². The SMILES string of the molecule is NC(Cc1ccc(O)cc1)C(=O)NC(CC(=O)O)C(=O)NC(Cc1ccccc1)C(=O)NC(Cc1ccccc1)C(=O)O. The van der Waals surface area contributed by atoms with Crippen molar-refractivity contribution in [1.82, 2.24) is 16.0 Å². The van der Waals surface area contributed by atoms with Crippen LogP contribution in [0.4, 0.5) is 0 Å². The van der Waals surface area contributed by atoms with Gasteiger partial charge in [-0.05, 0) is 35.2 Å². The molecule has 12 heteroatoms. The Labute approximate surface area is 247 Å². The van der Waals surface area contributed by atoms with Crippen LogP contribution in [-0.2, 0) is 43.2 Å². The summed E-state index contributed by atoms with van der Waals surface area (Å²) in [5.74, 6) is -5.19. The normalized spacial score (nSPS) is 13.5. The Morgan fingerprint density at radius 3 is 1.53 bits per heavy atom. The number of amides is 3. The molecule has 0 aliphatic heterocycles. The Morgan fingerprint density at radius 1 is 0.581 bits per heavy atom. The number of hydrogen-bond donors (Lipinski definition) is 7. The molecule has 0 saturated carbocycles. The van der Waals surface area contributed by atoms with Crippen LogP contribution in [0, 0.1) is 0 Å². The van der Waals surface area contributed by atoms with Crippen molar-refractivity contribution in [2.75, 3.05) is 0 Å². The van der Waals surface area contributed by atoms with Gasteiger partial charge in [-0.3, -0.25) is 19.2 Å². The van der Waals surface area contributed by atoms with Crippen LogP contribution in [0.1, 0.15) is 23.1 Å². The molecule has 226 valence electrons. The Balaban J connectivity index is 1.76. The third-order valence-electron chi connectivity index (χ3n) is 6.55. The van der Waals surface area contributed by atoms with E-state index in [4.69, 9.17) is 5.73 Å². The van der Waals surface area contributed by atoms with Crippen LogP contribution >= 0.6 is 0 Å². The Morgan fingerprint density at radius 2 is 1.02 bits per heavy atom. The predicted molar refractivity (Wildman–Crippen MR) is 156 cm³/mol. The van der Waals surface area contributed by atoms with E-state index in [1.165, 1.54) is 12.1 Å². The lowest BCUT2D eigenvalue weighted by Crippen LogP contribution is -2.58. The smallest absolute Gasteiger partial charge is 0.326 e. The van der Waals surface area contributed by atoms with Gasteiger partial charge in [0.25, 0.3) is 0 Å². The Hall–Kier alpha value is -5.23. The molecule has 0 bridgehead atoms. The number of hydrogen-bond acceptors (Lipinski definition) is 7. The van der Waals surface area contributed by atoms with Gasteiger partial charge in [0.15, 0.2) is 0 Å². The quantitative estimate of drug-likeness (QED) is 0.133. The number of carbonyl (C=O) groups excluding carboxylic acids is 3. The van der Waals surface area contributed by atoms with E-state index < -0.39 is 60.2 Å². The van der Waals surface area contributed by atoms with Gasteiger partial charge in [-0.1, -0.05) is 72.8 Å². The third kappa shape index (κ3) is 10.6. The second-order valence-electron chi connectivity index (χ2n) is 9.98. The molecule has 0 heterocycles. The van der Waals surface area contributed by atoms with Crippen LogP contribution in [0.5, 0.6) is 5.75 Å². The second-order valence-corrected chi connectivity index (χ2v) is 9.98. The fourth-order valence-corrected chi connectivity index (χ4v) is 4.29. The zero-order chi connectivity index (χ0) is 31.4. The van der Waals surface area contributed by atoms with Crippen molar-refractivity contribution in [2.45, 2.75) is 49.9 Å². The lowest BCUT2D eigenvalue weighted by Gasteiger charge is -2.25. The second kappa shape index (κ2) is 15.7. The summed E-state index contributed by atoms with van der Waals surface area (Å²) in [7, 11) is 0. The van der Waals surface area contributed by atoms with Crippen LogP contribution < -0.4 is 21.7 Å². The molecule has 4 unspecified atom stereocenters. The molecule has 3 amide bonds. The molecule has 4 atom stereocenters. The summed E-state index contributed by atoms with van der Waals surface area (Å²) in [6.45, 7) is 0. The zero-order valence-electron chi connectivity index (χ0n) is 23.2. The first-order valence-corrected chi connectivity index (χ1v) is 13.5. The molecule has 0 radical (unpaired) electrons. The van der Waals surface area contributed by atoms with Gasteiger partial charge >= 0.3 is 11.9 Å². The maximum Gasteiger partial charge on any atom is 0.326 e. The lowest BCUT2D eigenvalue weighted by molar-refractivity contribution is -0.143. The van der Waals surface area contributed by atoms with Gasteiger partial charge in [-0.15, -0.1) is 0 Å². The minimum atomic E-state index is -1.58.